The molecule has 0 radical (unpaired) electrons. The van der Waals surface area contributed by atoms with Gasteiger partial charge in [0, 0.05) is 11.3 Å². The van der Waals surface area contributed by atoms with Crippen molar-refractivity contribution in [1.82, 2.24) is 15.0 Å². The molecule has 0 aliphatic heterocycles. The molecule has 0 saturated carbocycles. The van der Waals surface area contributed by atoms with Crippen LogP contribution in [0.1, 0.15) is 20.8 Å². The molecular formula is C16H12ClN5O2. The molecule has 1 aromatic heterocycles. The molecule has 2 amide bonds. The number of anilines is 1. The number of para-hydroxylation sites is 1. The van der Waals surface area contributed by atoms with Crippen molar-refractivity contribution in [2.45, 2.75) is 0 Å². The zero-order chi connectivity index (χ0) is 17.1. The van der Waals surface area contributed by atoms with Crippen molar-refractivity contribution in [1.29, 1.82) is 0 Å². The second-order valence-electron chi connectivity index (χ2n) is 4.90. The van der Waals surface area contributed by atoms with E-state index in [9.17, 15) is 9.59 Å². The van der Waals surface area contributed by atoms with Crippen molar-refractivity contribution < 1.29 is 9.59 Å². The topological polar surface area (TPSA) is 103 Å². The first-order valence-corrected chi connectivity index (χ1v) is 7.31. The molecule has 0 atom stereocenters. The fourth-order valence-electron chi connectivity index (χ4n) is 2.07. The number of carbonyl (C=O) groups excluding carboxylic acids is 2. The predicted octanol–water partition coefficient (Wildman–Crippen LogP) is 2.27. The maximum Gasteiger partial charge on any atom is 0.277 e. The zero-order valence-electron chi connectivity index (χ0n) is 12.3. The second-order valence-corrected chi connectivity index (χ2v) is 5.31. The lowest BCUT2D eigenvalue weighted by molar-refractivity contribution is 0.0995. The number of hydrogen-bond acceptors (Lipinski definition) is 4. The number of nitrogens with two attached hydrogens (primary N) is 1. The number of aromatic nitrogens is 3. The summed E-state index contributed by atoms with van der Waals surface area (Å²) in [7, 11) is 0. The van der Waals surface area contributed by atoms with E-state index in [1.165, 1.54) is 16.9 Å². The summed E-state index contributed by atoms with van der Waals surface area (Å²) in [5.74, 6) is -1.04. The Hall–Kier alpha value is -3.19. The van der Waals surface area contributed by atoms with Crippen LogP contribution in [0.15, 0.2) is 54.7 Å². The van der Waals surface area contributed by atoms with Crippen LogP contribution in [-0.2, 0) is 0 Å². The average molecular weight is 342 g/mol. The molecule has 0 saturated heterocycles. The molecule has 0 bridgehead atoms. The van der Waals surface area contributed by atoms with Crippen molar-refractivity contribution in [2.24, 2.45) is 5.73 Å². The van der Waals surface area contributed by atoms with E-state index in [1.54, 1.807) is 42.5 Å². The molecule has 0 aliphatic carbocycles. The molecule has 1 heterocycles. The number of nitrogens with one attached hydrogen (secondary N) is 1. The molecule has 0 spiro atoms. The number of amides is 2. The highest BCUT2D eigenvalue weighted by Gasteiger charge is 2.13. The van der Waals surface area contributed by atoms with Crippen LogP contribution in [0.5, 0.6) is 0 Å². The Labute approximate surface area is 142 Å². The lowest BCUT2D eigenvalue weighted by atomic mass is 10.2. The lowest BCUT2D eigenvalue weighted by Crippen LogP contribution is -2.14. The SMILES string of the molecule is NC(=O)c1cccc(NC(=O)c2cn(-c3ccccc3Cl)nn2)c1. The Kier molecular flexibility index (Phi) is 4.26. The molecule has 3 rings (SSSR count). The van der Waals surface area contributed by atoms with Gasteiger partial charge in [-0.1, -0.05) is 35.0 Å². The van der Waals surface area contributed by atoms with E-state index < -0.39 is 11.8 Å². The number of nitrogens with zero attached hydrogens (tertiary/aromatic N) is 3. The van der Waals surface area contributed by atoms with Crippen LogP contribution in [0, 0.1) is 0 Å². The van der Waals surface area contributed by atoms with Gasteiger partial charge >= 0.3 is 0 Å². The summed E-state index contributed by atoms with van der Waals surface area (Å²) in [5.41, 5.74) is 6.67. The molecule has 120 valence electrons. The fraction of sp³-hybridized carbons (Fsp3) is 0. The molecule has 0 aliphatic rings. The molecule has 0 fully saturated rings. The zero-order valence-corrected chi connectivity index (χ0v) is 13.1. The van der Waals surface area contributed by atoms with Crippen LogP contribution in [-0.4, -0.2) is 26.8 Å². The Morgan fingerprint density at radius 1 is 1.12 bits per heavy atom. The number of halogens is 1. The van der Waals surface area contributed by atoms with Gasteiger partial charge in [0.1, 0.15) is 0 Å². The number of rotatable bonds is 4. The maximum absolute atomic E-state index is 12.2. The third-order valence-electron chi connectivity index (χ3n) is 3.23. The van der Waals surface area contributed by atoms with Crippen LogP contribution in [0.4, 0.5) is 5.69 Å². The van der Waals surface area contributed by atoms with Gasteiger partial charge in [-0.3, -0.25) is 9.59 Å². The number of primary amides is 1. The minimum atomic E-state index is -0.573. The molecule has 3 N–H and O–H groups in total. The van der Waals surface area contributed by atoms with Crippen LogP contribution in [0.3, 0.4) is 0 Å². The van der Waals surface area contributed by atoms with Crippen LogP contribution in [0.2, 0.25) is 5.02 Å². The van der Waals surface area contributed by atoms with Crippen LogP contribution >= 0.6 is 11.6 Å². The first-order valence-electron chi connectivity index (χ1n) is 6.93. The van der Waals surface area contributed by atoms with Crippen LogP contribution < -0.4 is 11.1 Å². The highest BCUT2D eigenvalue weighted by atomic mass is 35.5. The van der Waals surface area contributed by atoms with Gasteiger partial charge < -0.3 is 11.1 Å². The van der Waals surface area contributed by atoms with Gasteiger partial charge in [-0.05, 0) is 30.3 Å². The quantitative estimate of drug-likeness (QED) is 0.759. The predicted molar refractivity (Wildman–Crippen MR) is 89.3 cm³/mol. The third-order valence-corrected chi connectivity index (χ3v) is 3.55. The van der Waals surface area contributed by atoms with Crippen molar-refractivity contribution in [3.05, 3.63) is 71.0 Å². The Balaban J connectivity index is 1.81. The second kappa shape index (κ2) is 6.51. The summed E-state index contributed by atoms with van der Waals surface area (Å²) in [6, 6.07) is 13.4. The highest BCUT2D eigenvalue weighted by Crippen LogP contribution is 2.19. The van der Waals surface area contributed by atoms with Gasteiger partial charge in [-0.15, -0.1) is 5.10 Å². The van der Waals surface area contributed by atoms with Gasteiger partial charge in [0.25, 0.3) is 5.91 Å². The van der Waals surface area contributed by atoms with Gasteiger partial charge in [0.2, 0.25) is 5.91 Å². The van der Waals surface area contributed by atoms with Crippen molar-refractivity contribution in [3.63, 3.8) is 0 Å². The summed E-state index contributed by atoms with van der Waals surface area (Å²) in [5, 5.41) is 10.9. The van der Waals surface area contributed by atoms with E-state index in [0.29, 0.717) is 22.0 Å². The van der Waals surface area contributed by atoms with Crippen molar-refractivity contribution >= 4 is 29.1 Å². The Morgan fingerprint density at radius 2 is 1.92 bits per heavy atom. The summed E-state index contributed by atoms with van der Waals surface area (Å²) in [6.07, 6.45) is 1.47. The molecule has 7 nitrogen and oxygen atoms in total. The largest absolute Gasteiger partial charge is 0.366 e. The Morgan fingerprint density at radius 3 is 2.67 bits per heavy atom. The monoisotopic (exact) mass is 341 g/mol. The van der Waals surface area contributed by atoms with Gasteiger partial charge in [-0.2, -0.15) is 0 Å². The minimum Gasteiger partial charge on any atom is -0.366 e. The van der Waals surface area contributed by atoms with Gasteiger partial charge in [0.15, 0.2) is 5.69 Å². The number of hydrogen-bond donors (Lipinski definition) is 2. The maximum atomic E-state index is 12.2. The lowest BCUT2D eigenvalue weighted by Gasteiger charge is -2.04. The van der Waals surface area contributed by atoms with E-state index in [4.69, 9.17) is 17.3 Å². The summed E-state index contributed by atoms with van der Waals surface area (Å²) in [6.45, 7) is 0. The molecule has 2 aromatic carbocycles. The molecule has 24 heavy (non-hydrogen) atoms. The van der Waals surface area contributed by atoms with E-state index >= 15 is 0 Å². The molecular weight excluding hydrogens is 330 g/mol. The van der Waals surface area contributed by atoms with Crippen molar-refractivity contribution in [2.75, 3.05) is 5.32 Å². The van der Waals surface area contributed by atoms with E-state index in [1.807, 2.05) is 0 Å². The van der Waals surface area contributed by atoms with Gasteiger partial charge in [0.05, 0.1) is 16.9 Å². The average Bonchev–Trinajstić information content (AvgIpc) is 3.05. The third kappa shape index (κ3) is 3.26. The molecule has 3 aromatic rings. The molecule has 0 unspecified atom stereocenters. The number of carbonyl (C=O) groups is 2. The van der Waals surface area contributed by atoms with E-state index in [-0.39, 0.29) is 5.69 Å². The smallest absolute Gasteiger partial charge is 0.277 e. The first kappa shape index (κ1) is 15.7. The summed E-state index contributed by atoms with van der Waals surface area (Å²) < 4.78 is 1.41. The summed E-state index contributed by atoms with van der Waals surface area (Å²) >= 11 is 6.09. The van der Waals surface area contributed by atoms with E-state index in [2.05, 4.69) is 15.6 Å². The first-order chi connectivity index (χ1) is 11.5. The standard InChI is InChI=1S/C16H12ClN5O2/c17-12-6-1-2-7-14(12)22-9-13(20-21-22)16(24)19-11-5-3-4-10(8-11)15(18)23/h1-9H,(H2,18,23)(H,19,24). The highest BCUT2D eigenvalue weighted by molar-refractivity contribution is 6.32. The fourth-order valence-corrected chi connectivity index (χ4v) is 2.29. The normalized spacial score (nSPS) is 10.4. The van der Waals surface area contributed by atoms with Crippen LogP contribution in [0.25, 0.3) is 5.69 Å². The molecule has 8 heteroatoms. The van der Waals surface area contributed by atoms with E-state index in [0.717, 1.165) is 0 Å². The summed E-state index contributed by atoms with van der Waals surface area (Å²) in [4.78, 5) is 23.4. The Bertz CT molecular complexity index is 922. The number of benzene rings is 2. The van der Waals surface area contributed by atoms with Crippen molar-refractivity contribution in [3.8, 4) is 5.69 Å². The van der Waals surface area contributed by atoms with Gasteiger partial charge in [-0.25, -0.2) is 4.68 Å². The minimum absolute atomic E-state index is 0.111.